The average Bonchev–Trinajstić information content (AvgIpc) is 2.14. The first-order valence-electron chi connectivity index (χ1n) is 5.14. The van der Waals surface area contributed by atoms with Crippen LogP contribution in [0.2, 0.25) is 0 Å². The number of carbonyl (C=O) groups excluding carboxylic acids is 1. The molecule has 1 amide bonds. The molecule has 5 nitrogen and oxygen atoms in total. The van der Waals surface area contributed by atoms with Crippen molar-refractivity contribution in [3.63, 3.8) is 0 Å². The molecule has 6 heteroatoms. The molecule has 88 valence electrons. The van der Waals surface area contributed by atoms with Crippen molar-refractivity contribution in [2.45, 2.75) is 32.4 Å². The summed E-state index contributed by atoms with van der Waals surface area (Å²) in [6, 6.07) is -0.762. The molecule has 0 radical (unpaired) electrons. The van der Waals surface area contributed by atoms with Gasteiger partial charge in [0.25, 0.3) is 0 Å². The Balaban J connectivity index is 2.70. The number of nitrogens with two attached hydrogens (primary N) is 1. The summed E-state index contributed by atoms with van der Waals surface area (Å²) in [5.41, 5.74) is 5.64. The maximum atomic E-state index is 11.8. The molecule has 1 heterocycles. The summed E-state index contributed by atoms with van der Waals surface area (Å²) in [7, 11) is -2.97. The van der Waals surface area contributed by atoms with Crippen molar-refractivity contribution in [2.75, 3.05) is 18.1 Å². The molecule has 2 unspecified atom stereocenters. The van der Waals surface area contributed by atoms with Gasteiger partial charge in [-0.2, -0.15) is 0 Å². The number of hydrogen-bond acceptors (Lipinski definition) is 4. The summed E-state index contributed by atoms with van der Waals surface area (Å²) in [5, 5.41) is 0. The van der Waals surface area contributed by atoms with Gasteiger partial charge in [-0.1, -0.05) is 6.92 Å². The van der Waals surface area contributed by atoms with Crippen LogP contribution in [-0.4, -0.2) is 49.4 Å². The first-order valence-corrected chi connectivity index (χ1v) is 6.96. The number of amides is 1. The van der Waals surface area contributed by atoms with Crippen LogP contribution in [0.25, 0.3) is 0 Å². The van der Waals surface area contributed by atoms with Gasteiger partial charge in [0.05, 0.1) is 17.5 Å². The van der Waals surface area contributed by atoms with Crippen molar-refractivity contribution in [1.82, 2.24) is 4.90 Å². The second kappa shape index (κ2) is 4.49. The summed E-state index contributed by atoms with van der Waals surface area (Å²) in [4.78, 5) is 13.3. The van der Waals surface area contributed by atoms with Gasteiger partial charge in [0.15, 0.2) is 9.84 Å². The molecule has 0 spiro atoms. The predicted octanol–water partition coefficient (Wildman–Crippen LogP) is -0.631. The van der Waals surface area contributed by atoms with Crippen LogP contribution in [0.5, 0.6) is 0 Å². The lowest BCUT2D eigenvalue weighted by atomic mass is 10.2. The number of nitrogens with zero attached hydrogens (tertiary/aromatic N) is 1. The molecule has 0 aromatic rings. The third-order valence-electron chi connectivity index (χ3n) is 2.71. The summed E-state index contributed by atoms with van der Waals surface area (Å²) >= 11 is 0. The van der Waals surface area contributed by atoms with E-state index in [1.54, 1.807) is 11.8 Å². The molecule has 0 aromatic carbocycles. The monoisotopic (exact) mass is 234 g/mol. The van der Waals surface area contributed by atoms with Crippen LogP contribution < -0.4 is 5.73 Å². The Morgan fingerprint density at radius 2 is 2.20 bits per heavy atom. The van der Waals surface area contributed by atoms with E-state index < -0.39 is 15.9 Å². The average molecular weight is 234 g/mol. The Morgan fingerprint density at radius 1 is 1.60 bits per heavy atom. The zero-order valence-corrected chi connectivity index (χ0v) is 9.96. The smallest absolute Gasteiger partial charge is 0.239 e. The molecule has 1 aliphatic rings. The zero-order chi connectivity index (χ0) is 11.6. The molecule has 0 aliphatic carbocycles. The fourth-order valence-corrected chi connectivity index (χ4v) is 3.27. The fraction of sp³-hybridized carbons (Fsp3) is 0.889. The standard InChI is InChI=1S/C9H18N2O3S/c1-3-8(10)9(12)11-4-5-15(13,14)6-7(11)2/h7-8H,3-6,10H2,1-2H3. The van der Waals surface area contributed by atoms with Gasteiger partial charge in [-0.15, -0.1) is 0 Å². The Bertz CT molecular complexity index is 339. The van der Waals surface area contributed by atoms with E-state index in [2.05, 4.69) is 0 Å². The van der Waals surface area contributed by atoms with Crippen molar-refractivity contribution in [2.24, 2.45) is 5.73 Å². The van der Waals surface area contributed by atoms with Crippen LogP contribution in [0.4, 0.5) is 0 Å². The van der Waals surface area contributed by atoms with Gasteiger partial charge in [0.1, 0.15) is 0 Å². The minimum atomic E-state index is -2.97. The minimum absolute atomic E-state index is 0.0508. The van der Waals surface area contributed by atoms with Crippen LogP contribution in [0.15, 0.2) is 0 Å². The number of hydrogen-bond donors (Lipinski definition) is 1. The lowest BCUT2D eigenvalue weighted by Crippen LogP contribution is -2.54. The maximum absolute atomic E-state index is 11.8. The number of rotatable bonds is 2. The number of carbonyl (C=O) groups is 1. The fourth-order valence-electron chi connectivity index (χ4n) is 1.71. The van der Waals surface area contributed by atoms with Gasteiger partial charge >= 0.3 is 0 Å². The van der Waals surface area contributed by atoms with Crippen molar-refractivity contribution in [1.29, 1.82) is 0 Å². The van der Waals surface area contributed by atoms with Gasteiger partial charge in [0, 0.05) is 12.6 Å². The quantitative estimate of drug-likeness (QED) is 0.690. The summed E-state index contributed by atoms with van der Waals surface area (Å²) in [6.45, 7) is 3.86. The maximum Gasteiger partial charge on any atom is 0.239 e. The highest BCUT2D eigenvalue weighted by Gasteiger charge is 2.32. The molecule has 1 aliphatic heterocycles. The Labute approximate surface area is 90.5 Å². The Kier molecular flexibility index (Phi) is 3.72. The molecule has 1 rings (SSSR count). The van der Waals surface area contributed by atoms with E-state index in [1.165, 1.54) is 0 Å². The van der Waals surface area contributed by atoms with E-state index in [1.807, 2.05) is 6.92 Å². The van der Waals surface area contributed by atoms with E-state index >= 15 is 0 Å². The summed E-state index contributed by atoms with van der Waals surface area (Å²) in [5.74, 6) is -0.0331. The first kappa shape index (κ1) is 12.4. The summed E-state index contributed by atoms with van der Waals surface area (Å²) in [6.07, 6.45) is 0.578. The van der Waals surface area contributed by atoms with Gasteiger partial charge in [-0.25, -0.2) is 8.42 Å². The topological polar surface area (TPSA) is 80.5 Å². The predicted molar refractivity (Wildman–Crippen MR) is 58.1 cm³/mol. The van der Waals surface area contributed by atoms with Crippen LogP contribution >= 0.6 is 0 Å². The second-order valence-electron chi connectivity index (χ2n) is 4.01. The molecule has 0 bridgehead atoms. The molecular weight excluding hydrogens is 216 g/mol. The lowest BCUT2D eigenvalue weighted by Gasteiger charge is -2.34. The highest BCUT2D eigenvalue weighted by Crippen LogP contribution is 2.12. The number of sulfone groups is 1. The third-order valence-corrected chi connectivity index (χ3v) is 4.51. The normalized spacial score (nSPS) is 27.4. The van der Waals surface area contributed by atoms with E-state index in [9.17, 15) is 13.2 Å². The molecule has 0 aromatic heterocycles. The van der Waals surface area contributed by atoms with Gasteiger partial charge in [-0.05, 0) is 13.3 Å². The Morgan fingerprint density at radius 3 is 2.67 bits per heavy atom. The highest BCUT2D eigenvalue weighted by atomic mass is 32.2. The van der Waals surface area contributed by atoms with Crippen molar-refractivity contribution >= 4 is 15.7 Å². The van der Waals surface area contributed by atoms with Crippen LogP contribution in [0, 0.1) is 0 Å². The largest absolute Gasteiger partial charge is 0.337 e. The first-order chi connectivity index (χ1) is 6.87. The molecule has 2 N–H and O–H groups in total. The highest BCUT2D eigenvalue weighted by molar-refractivity contribution is 7.91. The van der Waals surface area contributed by atoms with E-state index in [0.29, 0.717) is 6.42 Å². The van der Waals surface area contributed by atoms with Crippen LogP contribution in [0.3, 0.4) is 0 Å². The van der Waals surface area contributed by atoms with Gasteiger partial charge in [-0.3, -0.25) is 4.79 Å². The Hall–Kier alpha value is -0.620. The zero-order valence-electron chi connectivity index (χ0n) is 9.14. The molecule has 15 heavy (non-hydrogen) atoms. The van der Waals surface area contributed by atoms with E-state index in [0.717, 1.165) is 0 Å². The molecular formula is C9H18N2O3S. The molecule has 1 fully saturated rings. The lowest BCUT2D eigenvalue weighted by molar-refractivity contribution is -0.134. The van der Waals surface area contributed by atoms with E-state index in [-0.39, 0.29) is 30.0 Å². The van der Waals surface area contributed by atoms with Crippen molar-refractivity contribution < 1.29 is 13.2 Å². The van der Waals surface area contributed by atoms with Gasteiger partial charge in [0.2, 0.25) is 5.91 Å². The molecule has 0 saturated carbocycles. The molecule has 1 saturated heterocycles. The SMILES string of the molecule is CCC(N)C(=O)N1CCS(=O)(=O)CC1C. The van der Waals surface area contributed by atoms with Crippen molar-refractivity contribution in [3.05, 3.63) is 0 Å². The van der Waals surface area contributed by atoms with E-state index in [4.69, 9.17) is 5.73 Å². The van der Waals surface area contributed by atoms with Gasteiger partial charge < -0.3 is 10.6 Å². The molecule has 2 atom stereocenters. The minimum Gasteiger partial charge on any atom is -0.337 e. The van der Waals surface area contributed by atoms with Crippen molar-refractivity contribution in [3.8, 4) is 0 Å². The second-order valence-corrected chi connectivity index (χ2v) is 6.24. The third kappa shape index (κ3) is 2.92. The summed E-state index contributed by atoms with van der Waals surface area (Å²) < 4.78 is 22.6. The van der Waals surface area contributed by atoms with Crippen LogP contribution in [-0.2, 0) is 14.6 Å². The van der Waals surface area contributed by atoms with Crippen LogP contribution in [0.1, 0.15) is 20.3 Å².